The van der Waals surface area contributed by atoms with Crippen LogP contribution in [0.4, 0.5) is 5.69 Å². The minimum atomic E-state index is -0.901. The molecule has 2 aliphatic heterocycles. The van der Waals surface area contributed by atoms with E-state index in [1.807, 2.05) is 20.8 Å². The van der Waals surface area contributed by atoms with Crippen molar-refractivity contribution in [2.24, 2.45) is 0 Å². The topological polar surface area (TPSA) is 88.6 Å². The van der Waals surface area contributed by atoms with Crippen LogP contribution in [0.25, 0.3) is 0 Å². The number of fused-ring (bicyclic) bond motifs is 1. The molecule has 154 valence electrons. The maximum absolute atomic E-state index is 12.1. The van der Waals surface area contributed by atoms with Crippen LogP contribution in [0.1, 0.15) is 49.5 Å². The summed E-state index contributed by atoms with van der Waals surface area (Å²) in [4.78, 5) is 25.5. The van der Waals surface area contributed by atoms with E-state index in [0.717, 1.165) is 12.0 Å². The Morgan fingerprint density at radius 2 is 2.00 bits per heavy atom. The van der Waals surface area contributed by atoms with E-state index < -0.39 is 17.6 Å². The van der Waals surface area contributed by atoms with E-state index in [2.05, 4.69) is 0 Å². The van der Waals surface area contributed by atoms with Crippen LogP contribution >= 0.6 is 0 Å². The van der Waals surface area contributed by atoms with Gasteiger partial charge in [0.05, 0.1) is 42.1 Å². The number of hydrogen-bond acceptors (Lipinski definition) is 6. The van der Waals surface area contributed by atoms with Crippen molar-refractivity contribution >= 4 is 18.1 Å². The van der Waals surface area contributed by atoms with Gasteiger partial charge in [-0.2, -0.15) is 0 Å². The van der Waals surface area contributed by atoms with Crippen LogP contribution in [-0.4, -0.2) is 61.2 Å². The van der Waals surface area contributed by atoms with Gasteiger partial charge in [-0.1, -0.05) is 0 Å². The molecule has 0 spiro atoms. The summed E-state index contributed by atoms with van der Waals surface area (Å²) in [6.07, 6.45) is 1.41. The summed E-state index contributed by atoms with van der Waals surface area (Å²) in [5.74, 6) is -0.454. The van der Waals surface area contributed by atoms with Crippen molar-refractivity contribution in [2.45, 2.75) is 62.9 Å². The van der Waals surface area contributed by atoms with Gasteiger partial charge in [-0.05, 0) is 57.4 Å². The molecule has 3 rings (SSSR count). The Morgan fingerprint density at radius 1 is 1.32 bits per heavy atom. The van der Waals surface area contributed by atoms with Gasteiger partial charge < -0.3 is 24.2 Å². The largest absolute Gasteiger partial charge is 0.465 e. The first-order valence-corrected chi connectivity index (χ1v) is 9.47. The predicted molar refractivity (Wildman–Crippen MR) is 103 cm³/mol. The number of anilines is 1. The zero-order valence-electron chi connectivity index (χ0n) is 17.2. The summed E-state index contributed by atoms with van der Waals surface area (Å²) >= 11 is 0. The van der Waals surface area contributed by atoms with Crippen molar-refractivity contribution in [3.05, 3.63) is 29.3 Å². The number of nitrogens with zero attached hydrogens (tertiary/aromatic N) is 1. The molecule has 7 heteroatoms. The fourth-order valence-electron chi connectivity index (χ4n) is 4.31. The van der Waals surface area contributed by atoms with Crippen LogP contribution in [0.3, 0.4) is 0 Å². The lowest BCUT2D eigenvalue weighted by atomic mass is 9.76. The van der Waals surface area contributed by atoms with Crippen molar-refractivity contribution in [1.29, 1.82) is 0 Å². The number of epoxide rings is 1. The monoisotopic (exact) mass is 391 g/mol. The summed E-state index contributed by atoms with van der Waals surface area (Å²) in [5, 5.41) is 11.1. The van der Waals surface area contributed by atoms with Crippen LogP contribution in [0.2, 0.25) is 0 Å². The molecular formula is C21H29NO6. The number of esters is 1. The molecule has 1 aromatic rings. The van der Waals surface area contributed by atoms with Gasteiger partial charge in [-0.25, -0.2) is 4.79 Å². The van der Waals surface area contributed by atoms with Crippen LogP contribution in [0, 0.1) is 0 Å². The average Bonchev–Trinajstić information content (AvgIpc) is 3.17. The molecule has 2 aliphatic rings. The second kappa shape index (κ2) is 7.13. The highest BCUT2D eigenvalue weighted by molar-refractivity contribution is 5.91. The van der Waals surface area contributed by atoms with Crippen molar-refractivity contribution in [3.8, 4) is 0 Å². The van der Waals surface area contributed by atoms with E-state index in [1.54, 1.807) is 30.2 Å². The summed E-state index contributed by atoms with van der Waals surface area (Å²) in [5.41, 5.74) is 0.368. The van der Waals surface area contributed by atoms with Gasteiger partial charge in [0.25, 0.3) is 0 Å². The van der Waals surface area contributed by atoms with Gasteiger partial charge in [-0.15, -0.1) is 0 Å². The zero-order valence-corrected chi connectivity index (χ0v) is 17.2. The van der Waals surface area contributed by atoms with Crippen molar-refractivity contribution in [3.63, 3.8) is 0 Å². The summed E-state index contributed by atoms with van der Waals surface area (Å²) in [6, 6.07) is 5.03. The number of carbonyl (C=O) groups is 2. The Labute approximate surface area is 165 Å². The molecule has 0 bridgehead atoms. The Kier molecular flexibility index (Phi) is 5.29. The van der Waals surface area contributed by atoms with Crippen molar-refractivity contribution < 1.29 is 28.9 Å². The lowest BCUT2D eigenvalue weighted by molar-refractivity contribution is -0.111. The van der Waals surface area contributed by atoms with Gasteiger partial charge in [0, 0.05) is 19.2 Å². The molecule has 0 aliphatic carbocycles. The minimum Gasteiger partial charge on any atom is -0.465 e. The lowest BCUT2D eigenvalue weighted by Gasteiger charge is -2.49. The molecule has 3 atom stereocenters. The van der Waals surface area contributed by atoms with Gasteiger partial charge >= 0.3 is 5.97 Å². The molecule has 0 saturated carbocycles. The SMILES string of the molecule is COC[C@]1(CCC2(C)OC2(C)C)[C@H](O)Cc2cc(C(=O)OC)ccc2N1C=O. The van der Waals surface area contributed by atoms with E-state index >= 15 is 0 Å². The Bertz CT molecular complexity index is 778. The first-order valence-electron chi connectivity index (χ1n) is 9.47. The first kappa shape index (κ1) is 20.8. The standard InChI is InChI=1S/C21H29NO6/c1-19(2)20(3,28-19)8-9-21(12-26-4)17(24)11-15-10-14(18(25)27-5)6-7-16(15)22(21)13-23/h6-7,10,13,17,24H,8-9,11-12H2,1-5H3/t17-,20?,21-/m1/s1. The molecular weight excluding hydrogens is 362 g/mol. The highest BCUT2D eigenvalue weighted by atomic mass is 16.6. The fraction of sp³-hybridized carbons (Fsp3) is 0.619. The summed E-state index contributed by atoms with van der Waals surface area (Å²) < 4.78 is 16.1. The highest BCUT2D eigenvalue weighted by Crippen LogP contribution is 2.52. The predicted octanol–water partition coefficient (Wildman–Crippen LogP) is 2.09. The minimum absolute atomic E-state index is 0.196. The number of rotatable bonds is 7. The summed E-state index contributed by atoms with van der Waals surface area (Å²) in [7, 11) is 2.88. The van der Waals surface area contributed by atoms with Crippen LogP contribution in [-0.2, 0) is 25.4 Å². The molecule has 1 fully saturated rings. The molecule has 7 nitrogen and oxygen atoms in total. The third kappa shape index (κ3) is 3.21. The smallest absolute Gasteiger partial charge is 0.337 e. The molecule has 1 aromatic carbocycles. The second-order valence-electron chi connectivity index (χ2n) is 8.41. The molecule has 1 N–H and O–H groups in total. The Morgan fingerprint density at radius 3 is 2.54 bits per heavy atom. The zero-order chi connectivity index (χ0) is 20.7. The molecule has 28 heavy (non-hydrogen) atoms. The third-order valence-electron chi connectivity index (χ3n) is 6.52. The molecule has 1 saturated heterocycles. The summed E-state index contributed by atoms with van der Waals surface area (Å²) in [6.45, 7) is 6.31. The molecule has 0 radical (unpaired) electrons. The van der Waals surface area contributed by atoms with E-state index in [4.69, 9.17) is 14.2 Å². The second-order valence-corrected chi connectivity index (χ2v) is 8.41. The number of aliphatic hydroxyl groups is 1. The highest BCUT2D eigenvalue weighted by Gasteiger charge is 2.61. The number of aliphatic hydroxyl groups excluding tert-OH is 1. The van der Waals surface area contributed by atoms with E-state index in [9.17, 15) is 14.7 Å². The molecule has 1 amide bonds. The van der Waals surface area contributed by atoms with Gasteiger partial charge in [0.1, 0.15) is 0 Å². The normalized spacial score (nSPS) is 30.5. The number of amides is 1. The van der Waals surface area contributed by atoms with Crippen LogP contribution < -0.4 is 4.90 Å². The quantitative estimate of drug-likeness (QED) is 0.435. The van der Waals surface area contributed by atoms with E-state index in [-0.39, 0.29) is 17.8 Å². The fourth-order valence-corrected chi connectivity index (χ4v) is 4.31. The number of carbonyl (C=O) groups excluding carboxylic acids is 2. The first-order chi connectivity index (χ1) is 13.1. The van der Waals surface area contributed by atoms with Crippen LogP contribution in [0.15, 0.2) is 18.2 Å². The van der Waals surface area contributed by atoms with E-state index in [1.165, 1.54) is 7.11 Å². The van der Waals surface area contributed by atoms with Crippen molar-refractivity contribution in [1.82, 2.24) is 0 Å². The van der Waals surface area contributed by atoms with Gasteiger partial charge in [0.15, 0.2) is 0 Å². The lowest BCUT2D eigenvalue weighted by Crippen LogP contribution is -2.63. The van der Waals surface area contributed by atoms with Crippen molar-refractivity contribution in [2.75, 3.05) is 25.7 Å². The van der Waals surface area contributed by atoms with E-state index in [0.29, 0.717) is 30.5 Å². The number of ether oxygens (including phenoxy) is 3. The molecule has 0 aromatic heterocycles. The third-order valence-corrected chi connectivity index (χ3v) is 6.52. The van der Waals surface area contributed by atoms with Gasteiger partial charge in [-0.3, -0.25) is 4.79 Å². The molecule has 2 heterocycles. The van der Waals surface area contributed by atoms with Gasteiger partial charge in [0.2, 0.25) is 6.41 Å². The number of methoxy groups -OCH3 is 2. The average molecular weight is 391 g/mol. The Hall–Kier alpha value is -1.96. The number of benzene rings is 1. The van der Waals surface area contributed by atoms with Crippen LogP contribution in [0.5, 0.6) is 0 Å². The Balaban J connectivity index is 1.96. The number of hydrogen-bond donors (Lipinski definition) is 1. The maximum atomic E-state index is 12.1. The maximum Gasteiger partial charge on any atom is 0.337 e. The molecule has 1 unspecified atom stereocenters.